The van der Waals surface area contributed by atoms with Crippen LogP contribution in [0, 0.1) is 30.4 Å². The zero-order valence-electron chi connectivity index (χ0n) is 36.0. The Morgan fingerprint density at radius 1 is 0.937 bits per heavy atom. The van der Waals surface area contributed by atoms with Crippen LogP contribution >= 0.6 is 0 Å². The first-order valence-electron chi connectivity index (χ1n) is 21.8. The molecule has 0 unspecified atom stereocenters. The molecule has 2 aromatic carbocycles. The fourth-order valence-corrected chi connectivity index (χ4v) is 9.62. The zero-order chi connectivity index (χ0) is 44.1. The topological polar surface area (TPSA) is 158 Å². The molecule has 0 saturated carbocycles. The average molecular weight is 863 g/mol. The normalized spacial score (nSPS) is 24.0. The number of halogens is 2. The number of ether oxygens (including phenoxy) is 1. The minimum absolute atomic E-state index is 0.0198. The van der Waals surface area contributed by atoms with Crippen molar-refractivity contribution in [3.05, 3.63) is 82.7 Å². The predicted octanol–water partition coefficient (Wildman–Crippen LogP) is 5.39. The number of aromatic nitrogens is 3. The maximum atomic E-state index is 15.3. The van der Waals surface area contributed by atoms with Crippen LogP contribution in [0.2, 0.25) is 0 Å². The monoisotopic (exact) mass is 862 g/mol. The molecule has 5 aliphatic rings. The molecular weight excluding hydrogens is 811 g/mol. The number of hydrogen-bond donors (Lipinski definition) is 2. The Labute approximate surface area is 364 Å². The Kier molecular flexibility index (Phi) is 11.5. The Morgan fingerprint density at radius 2 is 1.75 bits per heavy atom. The molecule has 5 aliphatic heterocycles. The van der Waals surface area contributed by atoms with Crippen LogP contribution in [0.15, 0.2) is 53.7 Å². The highest BCUT2D eigenvalue weighted by molar-refractivity contribution is 6.19. The SMILES string of the molecule is Cc1cc2cc(n1)-c1cnn(C)c1OCCC[C@@H](C)CN1/C(=N/C2=O)Nc2ccc(CN3CCN(C(=O)[C@@H]4CCN(c5cc(F)c([C@H]6CCC(=O)NC6=O)c(F)c5)C4)C[C@H]3C)cc21. The first kappa shape index (κ1) is 42.1. The average Bonchev–Trinajstić information content (AvgIpc) is 3.97. The van der Waals surface area contributed by atoms with Crippen LogP contribution in [0.4, 0.5) is 25.8 Å². The van der Waals surface area contributed by atoms with Crippen LogP contribution in [-0.4, -0.2) is 106 Å². The number of piperazine rings is 1. The van der Waals surface area contributed by atoms with E-state index in [1.165, 1.54) is 12.1 Å². The van der Waals surface area contributed by atoms with E-state index in [0.29, 0.717) is 93.3 Å². The van der Waals surface area contributed by atoms with Crippen molar-refractivity contribution in [3.8, 4) is 17.1 Å². The lowest BCUT2D eigenvalue weighted by molar-refractivity contribution is -0.138. The smallest absolute Gasteiger partial charge is 0.280 e. The van der Waals surface area contributed by atoms with Gasteiger partial charge < -0.3 is 24.8 Å². The number of benzene rings is 2. The first-order valence-corrected chi connectivity index (χ1v) is 21.8. The Balaban J connectivity index is 0.855. The largest absolute Gasteiger partial charge is 0.477 e. The van der Waals surface area contributed by atoms with Gasteiger partial charge in [-0.3, -0.25) is 34.4 Å². The molecule has 2 bridgehead atoms. The number of nitrogens with zero attached hydrogens (tertiary/aromatic N) is 8. The number of hydrogen-bond acceptors (Lipinski definition) is 11. The number of rotatable bonds is 5. The molecule has 0 spiro atoms. The molecule has 3 fully saturated rings. The number of imide groups is 1. The van der Waals surface area contributed by atoms with Gasteiger partial charge in [-0.05, 0) is 87.4 Å². The maximum Gasteiger partial charge on any atom is 0.280 e. The number of nitrogens with one attached hydrogen (secondary N) is 2. The van der Waals surface area contributed by atoms with Crippen molar-refractivity contribution < 1.29 is 32.7 Å². The third-order valence-electron chi connectivity index (χ3n) is 13.0. The second-order valence-electron chi connectivity index (χ2n) is 17.7. The van der Waals surface area contributed by atoms with E-state index in [9.17, 15) is 19.2 Å². The number of carbonyl (C=O) groups excluding carboxylic acids is 4. The van der Waals surface area contributed by atoms with Crippen molar-refractivity contribution in [3.63, 3.8) is 0 Å². The number of carbonyl (C=O) groups is 4. The lowest BCUT2D eigenvalue weighted by Crippen LogP contribution is -2.54. The Morgan fingerprint density at radius 3 is 2.52 bits per heavy atom. The molecule has 9 rings (SSSR count). The van der Waals surface area contributed by atoms with Crippen molar-refractivity contribution in [2.24, 2.45) is 23.9 Å². The van der Waals surface area contributed by atoms with E-state index in [1.807, 2.05) is 29.8 Å². The van der Waals surface area contributed by atoms with Gasteiger partial charge in [0.05, 0.1) is 47.3 Å². The molecule has 330 valence electrons. The molecular formula is C46H52F2N10O5. The summed E-state index contributed by atoms with van der Waals surface area (Å²) < 4.78 is 38.6. The molecule has 0 radical (unpaired) electrons. The van der Waals surface area contributed by atoms with Gasteiger partial charge in [-0.15, -0.1) is 0 Å². The highest BCUT2D eigenvalue weighted by Crippen LogP contribution is 2.37. The number of pyridine rings is 1. The van der Waals surface area contributed by atoms with Gasteiger partial charge in [0.15, 0.2) is 0 Å². The van der Waals surface area contributed by atoms with Crippen LogP contribution in [-0.2, 0) is 28.0 Å². The first-order chi connectivity index (χ1) is 30.3. The van der Waals surface area contributed by atoms with Crippen LogP contribution < -0.4 is 25.2 Å². The number of aliphatic imine (C=N–C) groups is 1. The summed E-state index contributed by atoms with van der Waals surface area (Å²) in [5.41, 5.74) is 5.35. The summed E-state index contributed by atoms with van der Waals surface area (Å²) in [6, 6.07) is 12.3. The van der Waals surface area contributed by atoms with Crippen LogP contribution in [0.25, 0.3) is 11.3 Å². The minimum atomic E-state index is -1.07. The maximum absolute atomic E-state index is 15.3. The van der Waals surface area contributed by atoms with Gasteiger partial charge >= 0.3 is 0 Å². The van der Waals surface area contributed by atoms with Crippen LogP contribution in [0.3, 0.4) is 0 Å². The predicted molar refractivity (Wildman–Crippen MR) is 232 cm³/mol. The lowest BCUT2D eigenvalue weighted by atomic mass is 9.89. The summed E-state index contributed by atoms with van der Waals surface area (Å²) in [7, 11) is 1.83. The van der Waals surface area contributed by atoms with E-state index >= 15 is 8.78 Å². The highest BCUT2D eigenvalue weighted by atomic mass is 19.1. The van der Waals surface area contributed by atoms with Crippen molar-refractivity contribution in [1.29, 1.82) is 0 Å². The second-order valence-corrected chi connectivity index (χ2v) is 17.7. The number of piperidine rings is 1. The van der Waals surface area contributed by atoms with Gasteiger partial charge in [0.25, 0.3) is 5.91 Å². The number of amides is 4. The molecule has 63 heavy (non-hydrogen) atoms. The van der Waals surface area contributed by atoms with Gasteiger partial charge in [-0.25, -0.2) is 13.5 Å². The summed E-state index contributed by atoms with van der Waals surface area (Å²) in [6.07, 6.45) is 4.05. The summed E-state index contributed by atoms with van der Waals surface area (Å²) in [5.74, 6) is -3.21. The summed E-state index contributed by atoms with van der Waals surface area (Å²) in [5, 5.41) is 9.99. The number of fused-ring (bicyclic) bond motifs is 7. The van der Waals surface area contributed by atoms with Crippen molar-refractivity contribution in [2.75, 3.05) is 61.0 Å². The summed E-state index contributed by atoms with van der Waals surface area (Å²) in [4.78, 5) is 69.2. The number of guanidine groups is 1. The van der Waals surface area contributed by atoms with Crippen molar-refractivity contribution in [1.82, 2.24) is 29.9 Å². The van der Waals surface area contributed by atoms with Gasteiger partial charge in [0.1, 0.15) is 11.6 Å². The van der Waals surface area contributed by atoms with Gasteiger partial charge in [0, 0.05) is 87.8 Å². The van der Waals surface area contributed by atoms with Gasteiger partial charge in [0.2, 0.25) is 29.6 Å². The minimum Gasteiger partial charge on any atom is -0.477 e. The van der Waals surface area contributed by atoms with E-state index in [2.05, 4.69) is 56.5 Å². The quantitative estimate of drug-likeness (QED) is 0.248. The van der Waals surface area contributed by atoms with Crippen LogP contribution in [0.1, 0.15) is 79.0 Å². The molecule has 4 amide bonds. The second kappa shape index (κ2) is 17.1. The molecule has 4 atom stereocenters. The fraction of sp³-hybridized carbons (Fsp3) is 0.457. The highest BCUT2D eigenvalue weighted by Gasteiger charge is 2.37. The van der Waals surface area contributed by atoms with E-state index < -0.39 is 29.4 Å². The third-order valence-corrected chi connectivity index (χ3v) is 13.0. The van der Waals surface area contributed by atoms with Gasteiger partial charge in [-0.1, -0.05) is 13.0 Å². The molecule has 3 saturated heterocycles. The lowest BCUT2D eigenvalue weighted by Gasteiger charge is -2.40. The molecule has 2 N–H and O–H groups in total. The fourth-order valence-electron chi connectivity index (χ4n) is 9.62. The summed E-state index contributed by atoms with van der Waals surface area (Å²) >= 11 is 0. The van der Waals surface area contributed by atoms with E-state index in [0.717, 1.165) is 35.3 Å². The summed E-state index contributed by atoms with van der Waals surface area (Å²) in [6.45, 7) is 10.6. The molecule has 2 aromatic heterocycles. The number of anilines is 3. The Bertz CT molecular complexity index is 2500. The van der Waals surface area contributed by atoms with Gasteiger partial charge in [-0.2, -0.15) is 10.1 Å². The molecule has 17 heteroatoms. The van der Waals surface area contributed by atoms with E-state index in [1.54, 1.807) is 23.0 Å². The number of aryl methyl sites for hydroxylation is 2. The molecule has 4 aromatic rings. The van der Waals surface area contributed by atoms with Crippen LogP contribution in [0.5, 0.6) is 5.88 Å². The standard InChI is InChI=1S/C46H52F2N10O5/c1-26-6-5-15-63-45-34(21-49-54(45)4)38-18-31(16-27(2)50-38)42(60)53-46-51-37-9-7-29(17-39(37)58(46)22-26)24-55-13-14-57(23-28(55)3)44(62)30-11-12-56(25-30)32-19-35(47)41(36(48)20-32)33-8-10-40(59)52-43(33)61/h7,9,16-21,26,28,30,33H,5-6,8,10-15,22-25H2,1-4H3,(H,51,53,60)(H,52,59,61)/t26-,28-,30-,33-/m1/s1. The molecule has 0 aliphatic carbocycles. The molecule has 15 nitrogen and oxygen atoms in total. The third kappa shape index (κ3) is 8.50. The van der Waals surface area contributed by atoms with Crippen molar-refractivity contribution in [2.45, 2.75) is 71.4 Å². The Hall–Kier alpha value is -6.23. The van der Waals surface area contributed by atoms with Crippen molar-refractivity contribution >= 4 is 46.7 Å². The molecule has 7 heterocycles. The zero-order valence-corrected chi connectivity index (χ0v) is 36.0. The van der Waals surface area contributed by atoms with E-state index in [-0.39, 0.29) is 48.1 Å². The van der Waals surface area contributed by atoms with E-state index in [4.69, 9.17) is 9.72 Å².